The van der Waals surface area contributed by atoms with Gasteiger partial charge in [-0.05, 0) is 47.7 Å². The molecule has 0 saturated carbocycles. The van der Waals surface area contributed by atoms with E-state index in [1.54, 1.807) is 0 Å². The first-order chi connectivity index (χ1) is 9.83. The summed E-state index contributed by atoms with van der Waals surface area (Å²) in [5.41, 5.74) is 7.57. The number of benzene rings is 1. The van der Waals surface area contributed by atoms with Crippen LogP contribution in [0.1, 0.15) is 37.8 Å². The van der Waals surface area contributed by atoms with Crippen LogP contribution in [0.15, 0.2) is 29.6 Å². The molecule has 2 unspecified atom stereocenters. The monoisotopic (exact) mass is 288 g/mol. The van der Waals surface area contributed by atoms with E-state index in [0.29, 0.717) is 6.04 Å². The smallest absolute Gasteiger partial charge is 0.0484 e. The van der Waals surface area contributed by atoms with Crippen LogP contribution in [0, 0.1) is 5.92 Å². The lowest BCUT2D eigenvalue weighted by molar-refractivity contribution is 0.125. The molecule has 2 N–H and O–H groups in total. The lowest BCUT2D eigenvalue weighted by Gasteiger charge is -2.37. The summed E-state index contributed by atoms with van der Waals surface area (Å²) in [6.07, 6.45) is 3.99. The van der Waals surface area contributed by atoms with Gasteiger partial charge in [0, 0.05) is 23.8 Å². The maximum absolute atomic E-state index is 6.14. The Hall–Kier alpha value is -0.900. The SMILES string of the molecule is CCC1CCCN(C(CN)c2csc3ccccc23)C1. The minimum absolute atomic E-state index is 0.389. The number of fused-ring (bicyclic) bond motifs is 1. The van der Waals surface area contributed by atoms with E-state index in [2.05, 4.69) is 41.5 Å². The number of rotatable bonds is 4. The number of nitrogens with zero attached hydrogens (tertiary/aromatic N) is 1. The number of hydrogen-bond donors (Lipinski definition) is 1. The second-order valence-corrected chi connectivity index (χ2v) is 6.76. The first-order valence-electron chi connectivity index (χ1n) is 7.73. The van der Waals surface area contributed by atoms with E-state index < -0.39 is 0 Å². The second-order valence-electron chi connectivity index (χ2n) is 5.85. The van der Waals surface area contributed by atoms with Crippen molar-refractivity contribution in [3.63, 3.8) is 0 Å². The second kappa shape index (κ2) is 6.25. The van der Waals surface area contributed by atoms with E-state index in [0.717, 1.165) is 12.5 Å². The van der Waals surface area contributed by atoms with Crippen LogP contribution in [-0.4, -0.2) is 24.5 Å². The molecule has 20 heavy (non-hydrogen) atoms. The molecule has 1 aromatic carbocycles. The zero-order valence-electron chi connectivity index (χ0n) is 12.2. The topological polar surface area (TPSA) is 29.3 Å². The Morgan fingerprint density at radius 3 is 3.05 bits per heavy atom. The third-order valence-electron chi connectivity index (χ3n) is 4.66. The Kier molecular flexibility index (Phi) is 4.39. The summed E-state index contributed by atoms with van der Waals surface area (Å²) in [7, 11) is 0. The van der Waals surface area contributed by atoms with Crippen LogP contribution in [0.25, 0.3) is 10.1 Å². The average molecular weight is 288 g/mol. The van der Waals surface area contributed by atoms with Gasteiger partial charge in [0.05, 0.1) is 0 Å². The molecule has 0 aliphatic carbocycles. The number of likely N-dealkylation sites (tertiary alicyclic amines) is 1. The van der Waals surface area contributed by atoms with Crippen molar-refractivity contribution in [2.45, 2.75) is 32.2 Å². The molecule has 1 aliphatic rings. The number of nitrogens with two attached hydrogens (primary N) is 1. The normalized spacial score (nSPS) is 22.2. The average Bonchev–Trinajstić information content (AvgIpc) is 2.93. The molecule has 0 radical (unpaired) electrons. The number of hydrogen-bond acceptors (Lipinski definition) is 3. The summed E-state index contributed by atoms with van der Waals surface area (Å²) in [5.74, 6) is 0.850. The molecule has 3 heteroatoms. The third kappa shape index (κ3) is 2.62. The van der Waals surface area contributed by atoms with Crippen molar-refractivity contribution in [1.29, 1.82) is 0 Å². The Bertz CT molecular complexity index is 563. The van der Waals surface area contributed by atoms with Gasteiger partial charge in [0.2, 0.25) is 0 Å². The number of thiophene rings is 1. The largest absolute Gasteiger partial charge is 0.329 e. The van der Waals surface area contributed by atoms with Crippen LogP contribution in [0.5, 0.6) is 0 Å². The molecule has 1 aromatic heterocycles. The van der Waals surface area contributed by atoms with Gasteiger partial charge in [0.1, 0.15) is 0 Å². The van der Waals surface area contributed by atoms with Crippen LogP contribution in [-0.2, 0) is 0 Å². The summed E-state index contributed by atoms with van der Waals surface area (Å²) >= 11 is 1.85. The minimum atomic E-state index is 0.389. The van der Waals surface area contributed by atoms with Crippen LogP contribution >= 0.6 is 11.3 Å². The Morgan fingerprint density at radius 2 is 2.25 bits per heavy atom. The van der Waals surface area contributed by atoms with Crippen LogP contribution in [0.3, 0.4) is 0 Å². The summed E-state index contributed by atoms with van der Waals surface area (Å²) in [4.78, 5) is 2.62. The molecular formula is C17H24N2S. The molecule has 1 fully saturated rings. The fraction of sp³-hybridized carbons (Fsp3) is 0.529. The highest BCUT2D eigenvalue weighted by atomic mass is 32.1. The van der Waals surface area contributed by atoms with Gasteiger partial charge in [0.15, 0.2) is 0 Å². The van der Waals surface area contributed by atoms with Gasteiger partial charge in [0.25, 0.3) is 0 Å². The fourth-order valence-corrected chi connectivity index (χ4v) is 4.45. The van der Waals surface area contributed by atoms with Crippen molar-refractivity contribution in [3.8, 4) is 0 Å². The van der Waals surface area contributed by atoms with Gasteiger partial charge >= 0.3 is 0 Å². The zero-order valence-corrected chi connectivity index (χ0v) is 13.0. The molecule has 2 aromatic rings. The van der Waals surface area contributed by atoms with Gasteiger partial charge in [-0.25, -0.2) is 0 Å². The van der Waals surface area contributed by atoms with Crippen molar-refractivity contribution in [1.82, 2.24) is 4.90 Å². The predicted octanol–water partition coefficient (Wildman–Crippen LogP) is 4.02. The quantitative estimate of drug-likeness (QED) is 0.920. The van der Waals surface area contributed by atoms with Gasteiger partial charge in [-0.2, -0.15) is 0 Å². The Morgan fingerprint density at radius 1 is 1.40 bits per heavy atom. The first kappa shape index (κ1) is 14.1. The van der Waals surface area contributed by atoms with Gasteiger partial charge in [-0.15, -0.1) is 11.3 Å². The molecule has 108 valence electrons. The molecule has 1 aliphatic heterocycles. The van der Waals surface area contributed by atoms with E-state index in [4.69, 9.17) is 5.73 Å². The predicted molar refractivity (Wildman–Crippen MR) is 88.2 cm³/mol. The lowest BCUT2D eigenvalue weighted by atomic mass is 9.93. The van der Waals surface area contributed by atoms with Crippen molar-refractivity contribution in [2.24, 2.45) is 11.7 Å². The van der Waals surface area contributed by atoms with Crippen LogP contribution < -0.4 is 5.73 Å². The molecule has 1 saturated heterocycles. The van der Waals surface area contributed by atoms with E-state index in [9.17, 15) is 0 Å². The van der Waals surface area contributed by atoms with Gasteiger partial charge < -0.3 is 5.73 Å². The van der Waals surface area contributed by atoms with E-state index in [-0.39, 0.29) is 0 Å². The van der Waals surface area contributed by atoms with E-state index >= 15 is 0 Å². The standard InChI is InChI=1S/C17H24N2S/c1-2-13-6-5-9-19(11-13)16(10-18)15-12-20-17-8-4-3-7-14(15)17/h3-4,7-8,12-13,16H,2,5-6,9-11,18H2,1H3. The maximum Gasteiger partial charge on any atom is 0.0484 e. The highest BCUT2D eigenvalue weighted by molar-refractivity contribution is 7.17. The highest BCUT2D eigenvalue weighted by Crippen LogP contribution is 2.34. The molecule has 3 rings (SSSR count). The highest BCUT2D eigenvalue weighted by Gasteiger charge is 2.26. The molecular weight excluding hydrogens is 264 g/mol. The summed E-state index contributed by atoms with van der Waals surface area (Å²) in [5, 5.41) is 3.71. The van der Waals surface area contributed by atoms with Crippen molar-refractivity contribution >= 4 is 21.4 Å². The van der Waals surface area contributed by atoms with Crippen LogP contribution in [0.4, 0.5) is 0 Å². The van der Waals surface area contributed by atoms with Crippen molar-refractivity contribution in [2.75, 3.05) is 19.6 Å². The van der Waals surface area contributed by atoms with Gasteiger partial charge in [-0.3, -0.25) is 4.90 Å². The van der Waals surface area contributed by atoms with Crippen LogP contribution in [0.2, 0.25) is 0 Å². The molecule has 0 amide bonds. The Labute approximate surface area is 125 Å². The maximum atomic E-state index is 6.14. The van der Waals surface area contributed by atoms with Crippen molar-refractivity contribution < 1.29 is 0 Å². The third-order valence-corrected chi connectivity index (χ3v) is 5.64. The van der Waals surface area contributed by atoms with Gasteiger partial charge in [-0.1, -0.05) is 31.5 Å². The van der Waals surface area contributed by atoms with E-state index in [1.165, 1.54) is 48.0 Å². The molecule has 0 spiro atoms. The fourth-order valence-electron chi connectivity index (χ4n) is 3.44. The molecule has 2 heterocycles. The summed E-state index contributed by atoms with van der Waals surface area (Å²) < 4.78 is 1.38. The first-order valence-corrected chi connectivity index (χ1v) is 8.61. The minimum Gasteiger partial charge on any atom is -0.329 e. The molecule has 2 nitrogen and oxygen atoms in total. The molecule has 2 atom stereocenters. The summed E-state index contributed by atoms with van der Waals surface area (Å²) in [6.45, 7) is 5.44. The molecule has 0 bridgehead atoms. The summed E-state index contributed by atoms with van der Waals surface area (Å²) in [6, 6.07) is 9.10. The van der Waals surface area contributed by atoms with Crippen molar-refractivity contribution in [3.05, 3.63) is 35.2 Å². The zero-order chi connectivity index (χ0) is 13.9. The lowest BCUT2D eigenvalue weighted by Crippen LogP contribution is -2.40. The van der Waals surface area contributed by atoms with E-state index in [1.807, 2.05) is 11.3 Å². The number of piperidine rings is 1. The Balaban J connectivity index is 1.89.